The Morgan fingerprint density at radius 2 is 2.11 bits per heavy atom. The lowest BCUT2D eigenvalue weighted by Crippen LogP contribution is -2.30. The number of aliphatic hydroxyl groups is 1. The molecule has 0 aromatic heterocycles. The van der Waals surface area contributed by atoms with Gasteiger partial charge >= 0.3 is 0 Å². The van der Waals surface area contributed by atoms with Gasteiger partial charge in [-0.05, 0) is 37.0 Å². The molecule has 2 nitrogen and oxygen atoms in total. The molecule has 0 aliphatic heterocycles. The summed E-state index contributed by atoms with van der Waals surface area (Å²) >= 11 is 0. The van der Waals surface area contributed by atoms with Crippen molar-refractivity contribution in [1.82, 2.24) is 5.32 Å². The molecule has 0 amide bonds. The second-order valence-electron chi connectivity index (χ2n) is 5.72. The number of benzene rings is 1. The Kier molecular flexibility index (Phi) is 5.34. The van der Waals surface area contributed by atoms with Gasteiger partial charge in [0.1, 0.15) is 5.82 Å². The third-order valence-corrected chi connectivity index (χ3v) is 4.09. The zero-order valence-corrected chi connectivity index (χ0v) is 11.6. The zero-order valence-electron chi connectivity index (χ0n) is 11.6. The van der Waals surface area contributed by atoms with Crippen LogP contribution in [-0.4, -0.2) is 17.8 Å². The fourth-order valence-electron chi connectivity index (χ4n) is 2.92. The SMILES string of the molecule is CC(NCC(O)CC1CCCC1)c1cccc(F)c1. The maximum atomic E-state index is 13.1. The molecular weight excluding hydrogens is 241 g/mol. The largest absolute Gasteiger partial charge is 0.392 e. The number of hydrogen-bond donors (Lipinski definition) is 2. The second kappa shape index (κ2) is 7.01. The molecule has 3 heteroatoms. The van der Waals surface area contributed by atoms with Crippen molar-refractivity contribution >= 4 is 0 Å². The first-order valence-corrected chi connectivity index (χ1v) is 7.32. The number of hydrogen-bond acceptors (Lipinski definition) is 2. The number of rotatable bonds is 6. The Balaban J connectivity index is 1.74. The van der Waals surface area contributed by atoms with Crippen molar-refractivity contribution in [3.63, 3.8) is 0 Å². The van der Waals surface area contributed by atoms with Crippen molar-refractivity contribution in [2.24, 2.45) is 5.92 Å². The molecule has 106 valence electrons. The lowest BCUT2D eigenvalue weighted by Gasteiger charge is -2.19. The molecule has 0 spiro atoms. The third-order valence-electron chi connectivity index (χ3n) is 4.09. The summed E-state index contributed by atoms with van der Waals surface area (Å²) in [7, 11) is 0. The van der Waals surface area contributed by atoms with E-state index in [-0.39, 0.29) is 18.0 Å². The van der Waals surface area contributed by atoms with E-state index in [1.165, 1.54) is 31.7 Å². The van der Waals surface area contributed by atoms with Crippen LogP contribution in [0.1, 0.15) is 50.6 Å². The normalized spacial score (nSPS) is 19.5. The second-order valence-corrected chi connectivity index (χ2v) is 5.72. The predicted molar refractivity (Wildman–Crippen MR) is 75.4 cm³/mol. The van der Waals surface area contributed by atoms with Gasteiger partial charge in [0, 0.05) is 12.6 Å². The summed E-state index contributed by atoms with van der Waals surface area (Å²) in [5.74, 6) is 0.485. The van der Waals surface area contributed by atoms with Crippen LogP contribution in [0.2, 0.25) is 0 Å². The summed E-state index contributed by atoms with van der Waals surface area (Å²) in [4.78, 5) is 0. The predicted octanol–water partition coefficient (Wildman–Crippen LogP) is 3.42. The van der Waals surface area contributed by atoms with E-state index >= 15 is 0 Å². The van der Waals surface area contributed by atoms with Crippen LogP contribution in [0.15, 0.2) is 24.3 Å². The van der Waals surface area contributed by atoms with Crippen molar-refractivity contribution < 1.29 is 9.50 Å². The molecule has 0 radical (unpaired) electrons. The van der Waals surface area contributed by atoms with Crippen LogP contribution in [0.5, 0.6) is 0 Å². The Morgan fingerprint density at radius 3 is 2.79 bits per heavy atom. The van der Waals surface area contributed by atoms with Crippen molar-refractivity contribution in [3.05, 3.63) is 35.6 Å². The molecule has 1 aromatic rings. The molecule has 2 atom stereocenters. The van der Waals surface area contributed by atoms with Crippen LogP contribution in [0.4, 0.5) is 4.39 Å². The Morgan fingerprint density at radius 1 is 1.37 bits per heavy atom. The highest BCUT2D eigenvalue weighted by Crippen LogP contribution is 2.28. The first-order chi connectivity index (χ1) is 9.15. The molecule has 1 aliphatic carbocycles. The highest BCUT2D eigenvalue weighted by atomic mass is 19.1. The van der Waals surface area contributed by atoms with Crippen molar-refractivity contribution in [2.45, 2.75) is 51.2 Å². The minimum atomic E-state index is -0.292. The average molecular weight is 265 g/mol. The lowest BCUT2D eigenvalue weighted by atomic mass is 9.99. The minimum absolute atomic E-state index is 0.0638. The number of aliphatic hydroxyl groups excluding tert-OH is 1. The van der Waals surface area contributed by atoms with Gasteiger partial charge in [0.05, 0.1) is 6.10 Å². The lowest BCUT2D eigenvalue weighted by molar-refractivity contribution is 0.137. The Bertz CT molecular complexity index is 390. The molecule has 2 N–H and O–H groups in total. The molecule has 2 unspecified atom stereocenters. The topological polar surface area (TPSA) is 32.3 Å². The summed E-state index contributed by atoms with van der Waals surface area (Å²) in [6, 6.07) is 6.68. The quantitative estimate of drug-likeness (QED) is 0.826. The van der Waals surface area contributed by atoms with Crippen LogP contribution in [0.3, 0.4) is 0 Å². The molecule has 2 rings (SSSR count). The smallest absolute Gasteiger partial charge is 0.123 e. The van der Waals surface area contributed by atoms with Gasteiger partial charge in [-0.1, -0.05) is 37.8 Å². The van der Waals surface area contributed by atoms with Crippen molar-refractivity contribution in [2.75, 3.05) is 6.54 Å². The number of halogens is 1. The minimum Gasteiger partial charge on any atom is -0.392 e. The third kappa shape index (κ3) is 4.59. The first-order valence-electron chi connectivity index (χ1n) is 7.32. The van der Waals surface area contributed by atoms with Gasteiger partial charge in [-0.3, -0.25) is 0 Å². The van der Waals surface area contributed by atoms with Gasteiger partial charge in [0.2, 0.25) is 0 Å². The van der Waals surface area contributed by atoms with Gasteiger partial charge in [-0.15, -0.1) is 0 Å². The highest BCUT2D eigenvalue weighted by molar-refractivity contribution is 5.19. The van der Waals surface area contributed by atoms with E-state index in [0.29, 0.717) is 12.5 Å². The molecule has 19 heavy (non-hydrogen) atoms. The molecule has 1 aromatic carbocycles. The first kappa shape index (κ1) is 14.5. The fraction of sp³-hybridized carbons (Fsp3) is 0.625. The van der Waals surface area contributed by atoms with E-state index in [4.69, 9.17) is 0 Å². The molecular formula is C16H24FNO. The fourth-order valence-corrected chi connectivity index (χ4v) is 2.92. The van der Waals surface area contributed by atoms with Crippen LogP contribution < -0.4 is 5.32 Å². The van der Waals surface area contributed by atoms with Gasteiger partial charge in [0.25, 0.3) is 0 Å². The van der Waals surface area contributed by atoms with Crippen LogP contribution in [-0.2, 0) is 0 Å². The van der Waals surface area contributed by atoms with E-state index in [1.807, 2.05) is 13.0 Å². The Labute approximate surface area is 115 Å². The highest BCUT2D eigenvalue weighted by Gasteiger charge is 2.19. The summed E-state index contributed by atoms with van der Waals surface area (Å²) in [5, 5.41) is 13.3. The van der Waals surface area contributed by atoms with E-state index in [2.05, 4.69) is 5.32 Å². The zero-order chi connectivity index (χ0) is 13.7. The van der Waals surface area contributed by atoms with Gasteiger partial charge < -0.3 is 10.4 Å². The summed E-state index contributed by atoms with van der Waals surface area (Å²) in [6.07, 6.45) is 5.74. The van der Waals surface area contributed by atoms with Crippen LogP contribution in [0, 0.1) is 11.7 Å². The summed E-state index contributed by atoms with van der Waals surface area (Å²) in [6.45, 7) is 2.57. The maximum absolute atomic E-state index is 13.1. The van der Waals surface area contributed by atoms with Crippen molar-refractivity contribution in [1.29, 1.82) is 0 Å². The molecule has 0 saturated heterocycles. The molecule has 1 fully saturated rings. The maximum Gasteiger partial charge on any atom is 0.123 e. The average Bonchev–Trinajstić information content (AvgIpc) is 2.88. The van der Waals surface area contributed by atoms with Crippen molar-refractivity contribution in [3.8, 4) is 0 Å². The summed E-state index contributed by atoms with van der Waals surface area (Å²) < 4.78 is 13.1. The standard InChI is InChI=1S/C16H24FNO/c1-12(14-7-4-8-15(17)10-14)18-11-16(19)9-13-5-2-3-6-13/h4,7-8,10,12-13,16,18-19H,2-3,5-6,9,11H2,1H3. The summed E-state index contributed by atoms with van der Waals surface area (Å²) in [5.41, 5.74) is 0.924. The van der Waals surface area contributed by atoms with E-state index < -0.39 is 0 Å². The molecule has 0 heterocycles. The van der Waals surface area contributed by atoms with E-state index in [0.717, 1.165) is 12.0 Å². The monoisotopic (exact) mass is 265 g/mol. The van der Waals surface area contributed by atoms with Crippen LogP contribution >= 0.6 is 0 Å². The molecule has 0 bridgehead atoms. The number of nitrogens with one attached hydrogen (secondary N) is 1. The van der Waals surface area contributed by atoms with Crippen LogP contribution in [0.25, 0.3) is 0 Å². The van der Waals surface area contributed by atoms with Gasteiger partial charge in [-0.25, -0.2) is 4.39 Å². The van der Waals surface area contributed by atoms with Gasteiger partial charge in [-0.2, -0.15) is 0 Å². The molecule has 1 aliphatic rings. The van der Waals surface area contributed by atoms with E-state index in [9.17, 15) is 9.50 Å². The molecule has 1 saturated carbocycles. The van der Waals surface area contributed by atoms with Gasteiger partial charge in [0.15, 0.2) is 0 Å². The Hall–Kier alpha value is -0.930. The van der Waals surface area contributed by atoms with E-state index in [1.54, 1.807) is 12.1 Å².